The monoisotopic (exact) mass is 247 g/mol. The van der Waals surface area contributed by atoms with Gasteiger partial charge in [0.2, 0.25) is 0 Å². The van der Waals surface area contributed by atoms with Crippen LogP contribution in [0.3, 0.4) is 0 Å². The van der Waals surface area contributed by atoms with Gasteiger partial charge >= 0.3 is 5.97 Å². The van der Waals surface area contributed by atoms with Gasteiger partial charge in [-0.2, -0.15) is 0 Å². The molecule has 1 aromatic carbocycles. The molecule has 0 bridgehead atoms. The van der Waals surface area contributed by atoms with Crippen LogP contribution in [0.5, 0.6) is 0 Å². The van der Waals surface area contributed by atoms with Crippen LogP contribution in [0.25, 0.3) is 0 Å². The van der Waals surface area contributed by atoms with Gasteiger partial charge in [-0.05, 0) is 42.9 Å². The second-order valence-corrected chi connectivity index (χ2v) is 4.86. The van der Waals surface area contributed by atoms with Crippen molar-refractivity contribution in [1.29, 1.82) is 0 Å². The molecule has 3 nitrogen and oxygen atoms in total. The van der Waals surface area contributed by atoms with Gasteiger partial charge in [0.05, 0.1) is 7.11 Å². The van der Waals surface area contributed by atoms with Gasteiger partial charge in [-0.25, -0.2) is 4.79 Å². The molecular formula is C15H21NO2. The number of hydrogen-bond acceptors (Lipinski definition) is 3. The standard InChI is InChI=1S/C15H21NO2/c1-3-12-6-4-5-7-13(12)14(15(17)18-2)16-10-11-8-9-11/h4-7,11,14,16H,3,8-10H2,1-2H3. The van der Waals surface area contributed by atoms with Crippen molar-refractivity contribution in [2.75, 3.05) is 13.7 Å². The van der Waals surface area contributed by atoms with Crippen molar-refractivity contribution in [3.05, 3.63) is 35.4 Å². The van der Waals surface area contributed by atoms with E-state index < -0.39 is 0 Å². The van der Waals surface area contributed by atoms with Crippen molar-refractivity contribution in [2.24, 2.45) is 5.92 Å². The third-order valence-corrected chi connectivity index (χ3v) is 3.49. The summed E-state index contributed by atoms with van der Waals surface area (Å²) in [7, 11) is 1.45. The van der Waals surface area contributed by atoms with Crippen molar-refractivity contribution in [3.63, 3.8) is 0 Å². The Morgan fingerprint density at radius 3 is 2.78 bits per heavy atom. The average molecular weight is 247 g/mol. The molecule has 1 saturated carbocycles. The van der Waals surface area contributed by atoms with Crippen LogP contribution >= 0.6 is 0 Å². The fourth-order valence-corrected chi connectivity index (χ4v) is 2.18. The molecule has 1 atom stereocenters. The second kappa shape index (κ2) is 6.01. The van der Waals surface area contributed by atoms with Gasteiger partial charge in [-0.15, -0.1) is 0 Å². The highest BCUT2D eigenvalue weighted by Crippen LogP contribution is 2.29. The van der Waals surface area contributed by atoms with E-state index in [1.807, 2.05) is 18.2 Å². The molecule has 1 unspecified atom stereocenters. The first-order chi connectivity index (χ1) is 8.76. The maximum atomic E-state index is 11.9. The van der Waals surface area contributed by atoms with Gasteiger partial charge in [-0.1, -0.05) is 31.2 Å². The Kier molecular flexibility index (Phi) is 4.37. The zero-order valence-corrected chi connectivity index (χ0v) is 11.1. The van der Waals surface area contributed by atoms with Gasteiger partial charge in [-0.3, -0.25) is 0 Å². The number of esters is 1. The zero-order chi connectivity index (χ0) is 13.0. The summed E-state index contributed by atoms with van der Waals surface area (Å²) in [5.41, 5.74) is 2.25. The van der Waals surface area contributed by atoms with Crippen LogP contribution in [0.1, 0.15) is 36.9 Å². The number of rotatable bonds is 6. The minimum Gasteiger partial charge on any atom is -0.468 e. The van der Waals surface area contributed by atoms with Gasteiger partial charge in [0.15, 0.2) is 0 Å². The molecule has 1 aromatic rings. The number of nitrogens with one attached hydrogen (secondary N) is 1. The number of methoxy groups -OCH3 is 1. The Bertz CT molecular complexity index is 413. The van der Waals surface area contributed by atoms with E-state index in [1.54, 1.807) is 0 Å². The lowest BCUT2D eigenvalue weighted by molar-refractivity contribution is -0.143. The first-order valence-corrected chi connectivity index (χ1v) is 6.65. The Morgan fingerprint density at radius 2 is 2.17 bits per heavy atom. The molecule has 0 aliphatic heterocycles. The average Bonchev–Trinajstić information content (AvgIpc) is 3.23. The molecule has 0 radical (unpaired) electrons. The largest absolute Gasteiger partial charge is 0.468 e. The molecule has 1 aliphatic rings. The molecule has 1 aliphatic carbocycles. The van der Waals surface area contributed by atoms with Crippen LogP contribution in [-0.4, -0.2) is 19.6 Å². The van der Waals surface area contributed by atoms with E-state index in [2.05, 4.69) is 18.3 Å². The summed E-state index contributed by atoms with van der Waals surface area (Å²) in [5.74, 6) is 0.544. The molecule has 2 rings (SSSR count). The molecule has 0 amide bonds. The number of carbonyl (C=O) groups excluding carboxylic acids is 1. The smallest absolute Gasteiger partial charge is 0.327 e. The summed E-state index contributed by atoms with van der Waals surface area (Å²) in [6, 6.07) is 7.75. The Hall–Kier alpha value is -1.35. The number of aryl methyl sites for hydroxylation is 1. The van der Waals surface area contributed by atoms with Gasteiger partial charge in [0, 0.05) is 0 Å². The van der Waals surface area contributed by atoms with Crippen molar-refractivity contribution in [3.8, 4) is 0 Å². The molecule has 0 saturated heterocycles. The fourth-order valence-electron chi connectivity index (χ4n) is 2.18. The summed E-state index contributed by atoms with van der Waals surface area (Å²) < 4.78 is 4.92. The highest BCUT2D eigenvalue weighted by Gasteiger charge is 2.27. The summed E-state index contributed by atoms with van der Waals surface area (Å²) in [4.78, 5) is 11.9. The number of ether oxygens (including phenoxy) is 1. The molecule has 3 heteroatoms. The highest BCUT2D eigenvalue weighted by molar-refractivity contribution is 5.78. The van der Waals surface area contributed by atoms with E-state index >= 15 is 0 Å². The SMILES string of the molecule is CCc1ccccc1C(NCC1CC1)C(=O)OC. The van der Waals surface area contributed by atoms with E-state index in [9.17, 15) is 4.79 Å². The number of hydrogen-bond donors (Lipinski definition) is 1. The predicted octanol–water partition coefficient (Wildman–Crippen LogP) is 2.46. The van der Waals surface area contributed by atoms with E-state index in [0.29, 0.717) is 0 Å². The normalized spacial score (nSPS) is 16.3. The third kappa shape index (κ3) is 3.10. The second-order valence-electron chi connectivity index (χ2n) is 4.86. The summed E-state index contributed by atoms with van der Waals surface area (Å²) in [6.45, 7) is 3.01. The van der Waals surface area contributed by atoms with Gasteiger partial charge < -0.3 is 10.1 Å². The lowest BCUT2D eigenvalue weighted by Crippen LogP contribution is -2.31. The van der Waals surface area contributed by atoms with Crippen LogP contribution in [0, 0.1) is 5.92 Å². The fraction of sp³-hybridized carbons (Fsp3) is 0.533. The first-order valence-electron chi connectivity index (χ1n) is 6.65. The molecule has 0 spiro atoms. The Morgan fingerprint density at radius 1 is 1.44 bits per heavy atom. The minimum absolute atomic E-state index is 0.198. The van der Waals surface area contributed by atoms with Crippen LogP contribution < -0.4 is 5.32 Å². The Labute approximate surface area is 109 Å². The van der Waals surface area contributed by atoms with Crippen LogP contribution in [0.2, 0.25) is 0 Å². The Balaban J connectivity index is 2.17. The summed E-state index contributed by atoms with van der Waals surface area (Å²) in [6.07, 6.45) is 3.47. The predicted molar refractivity (Wildman–Crippen MR) is 71.3 cm³/mol. The number of carbonyl (C=O) groups is 1. The van der Waals surface area contributed by atoms with Crippen molar-refractivity contribution >= 4 is 5.97 Å². The maximum Gasteiger partial charge on any atom is 0.327 e. The van der Waals surface area contributed by atoms with Crippen molar-refractivity contribution < 1.29 is 9.53 Å². The maximum absolute atomic E-state index is 11.9. The molecule has 0 aromatic heterocycles. The van der Waals surface area contributed by atoms with Crippen LogP contribution in [-0.2, 0) is 16.0 Å². The molecule has 0 heterocycles. The van der Waals surface area contributed by atoms with Crippen molar-refractivity contribution in [2.45, 2.75) is 32.2 Å². The molecule has 18 heavy (non-hydrogen) atoms. The van der Waals surface area contributed by atoms with Crippen LogP contribution in [0.15, 0.2) is 24.3 Å². The van der Waals surface area contributed by atoms with E-state index in [4.69, 9.17) is 4.74 Å². The lowest BCUT2D eigenvalue weighted by atomic mass is 9.98. The third-order valence-electron chi connectivity index (χ3n) is 3.49. The number of benzene rings is 1. The molecule has 1 fully saturated rings. The minimum atomic E-state index is -0.327. The molecular weight excluding hydrogens is 226 g/mol. The van der Waals surface area contributed by atoms with E-state index in [1.165, 1.54) is 25.5 Å². The van der Waals surface area contributed by atoms with E-state index in [0.717, 1.165) is 24.4 Å². The summed E-state index contributed by atoms with van der Waals surface area (Å²) in [5, 5.41) is 3.35. The zero-order valence-electron chi connectivity index (χ0n) is 11.1. The van der Waals surface area contributed by atoms with Crippen LogP contribution in [0.4, 0.5) is 0 Å². The molecule has 98 valence electrons. The van der Waals surface area contributed by atoms with Gasteiger partial charge in [0.25, 0.3) is 0 Å². The topological polar surface area (TPSA) is 38.3 Å². The first kappa shape index (κ1) is 13.1. The van der Waals surface area contributed by atoms with Crippen molar-refractivity contribution in [1.82, 2.24) is 5.32 Å². The lowest BCUT2D eigenvalue weighted by Gasteiger charge is -2.19. The molecule has 1 N–H and O–H groups in total. The van der Waals surface area contributed by atoms with E-state index in [-0.39, 0.29) is 12.0 Å². The van der Waals surface area contributed by atoms with Gasteiger partial charge in [0.1, 0.15) is 6.04 Å². The highest BCUT2D eigenvalue weighted by atomic mass is 16.5. The summed E-state index contributed by atoms with van der Waals surface area (Å²) >= 11 is 0. The quantitative estimate of drug-likeness (QED) is 0.785.